The van der Waals surface area contributed by atoms with Gasteiger partial charge in [0.2, 0.25) is 0 Å². The van der Waals surface area contributed by atoms with Gasteiger partial charge in [-0.25, -0.2) is 0 Å². The normalized spacial score (nSPS) is 61.0. The van der Waals surface area contributed by atoms with Gasteiger partial charge < -0.3 is 9.47 Å². The van der Waals surface area contributed by atoms with Crippen LogP contribution in [0.5, 0.6) is 0 Å². The lowest BCUT2D eigenvalue weighted by Gasteiger charge is -2.28. The maximum absolute atomic E-state index is 11.2. The Morgan fingerprint density at radius 1 is 1.67 bits per heavy atom. The number of fused-ring (bicyclic) bond motifs is 1. The van der Waals surface area contributed by atoms with E-state index in [9.17, 15) is 4.79 Å². The monoisotopic (exact) mass is 186 g/mol. The molecule has 0 spiro atoms. The molecule has 3 heterocycles. The first kappa shape index (κ1) is 7.21. The van der Waals surface area contributed by atoms with Crippen LogP contribution in [0.15, 0.2) is 0 Å². The number of carbonyl (C=O) groups excluding carboxylic acids is 1. The lowest BCUT2D eigenvalue weighted by molar-refractivity contribution is -0.143. The fourth-order valence-electron chi connectivity index (χ4n) is 2.51. The molecule has 3 saturated heterocycles. The molecule has 12 heavy (non-hydrogen) atoms. The Bertz CT molecular complexity index is 263. The van der Waals surface area contributed by atoms with Crippen molar-refractivity contribution in [3.8, 4) is 0 Å². The van der Waals surface area contributed by atoms with Gasteiger partial charge in [0.25, 0.3) is 0 Å². The summed E-state index contributed by atoms with van der Waals surface area (Å²) in [5.41, 5.74) is 0. The summed E-state index contributed by atoms with van der Waals surface area (Å²) >= 11 is 4.49. The number of carbonyl (C=O) groups is 1. The summed E-state index contributed by atoms with van der Waals surface area (Å²) in [6.45, 7) is 1.99. The van der Waals surface area contributed by atoms with Crippen LogP contribution in [0.25, 0.3) is 0 Å². The molecule has 2 bridgehead atoms. The quantitative estimate of drug-likeness (QED) is 0.439. The zero-order valence-electron chi connectivity index (χ0n) is 6.69. The fourth-order valence-corrected chi connectivity index (χ4v) is 2.87. The van der Waals surface area contributed by atoms with Gasteiger partial charge in [0.05, 0.1) is 16.8 Å². The van der Waals surface area contributed by atoms with Gasteiger partial charge in [0.15, 0.2) is 0 Å². The summed E-state index contributed by atoms with van der Waals surface area (Å²) in [5.74, 6) is -0.0921. The molecule has 3 rings (SSSR count). The van der Waals surface area contributed by atoms with Crippen molar-refractivity contribution in [2.75, 3.05) is 0 Å². The summed E-state index contributed by atoms with van der Waals surface area (Å²) in [4.78, 5) is 11.2. The highest BCUT2D eigenvalue weighted by molar-refractivity contribution is 7.82. The highest BCUT2D eigenvalue weighted by Gasteiger charge is 2.67. The fraction of sp³-hybridized carbons (Fsp3) is 0.875. The largest absolute Gasteiger partial charge is 0.458 e. The number of hydrogen-bond donors (Lipinski definition) is 1. The third-order valence-corrected chi connectivity index (χ3v) is 3.80. The summed E-state index contributed by atoms with van der Waals surface area (Å²) < 4.78 is 10.6. The minimum Gasteiger partial charge on any atom is -0.458 e. The molecule has 5 unspecified atom stereocenters. The van der Waals surface area contributed by atoms with Gasteiger partial charge in [0, 0.05) is 0 Å². The second-order valence-corrected chi connectivity index (χ2v) is 4.98. The molecule has 3 fully saturated rings. The lowest BCUT2D eigenvalue weighted by atomic mass is 9.82. The van der Waals surface area contributed by atoms with Crippen LogP contribution >= 0.6 is 12.6 Å². The van der Waals surface area contributed by atoms with Crippen molar-refractivity contribution in [1.82, 2.24) is 0 Å². The third kappa shape index (κ3) is 0.589. The van der Waals surface area contributed by atoms with Gasteiger partial charge in [-0.05, 0) is 13.3 Å². The van der Waals surface area contributed by atoms with Crippen molar-refractivity contribution in [3.63, 3.8) is 0 Å². The minimum absolute atomic E-state index is 0.000208. The van der Waals surface area contributed by atoms with Crippen molar-refractivity contribution in [1.29, 1.82) is 0 Å². The van der Waals surface area contributed by atoms with Gasteiger partial charge in [0.1, 0.15) is 12.2 Å². The SMILES string of the molecule is CC1(S)C2CC3C(=O)OC1C3O2. The minimum atomic E-state index is -0.271. The lowest BCUT2D eigenvalue weighted by Crippen LogP contribution is -2.43. The Kier molecular flexibility index (Phi) is 1.10. The molecular formula is C8H10O3S. The molecule has 0 radical (unpaired) electrons. The molecule has 3 nitrogen and oxygen atoms in total. The van der Waals surface area contributed by atoms with Gasteiger partial charge >= 0.3 is 5.97 Å². The number of hydrogen-bond acceptors (Lipinski definition) is 4. The van der Waals surface area contributed by atoms with Crippen molar-refractivity contribution < 1.29 is 14.3 Å². The highest BCUT2D eigenvalue weighted by atomic mass is 32.1. The Morgan fingerprint density at radius 2 is 2.42 bits per heavy atom. The Balaban J connectivity index is 2.07. The number of esters is 1. The van der Waals surface area contributed by atoms with Crippen molar-refractivity contribution >= 4 is 18.6 Å². The van der Waals surface area contributed by atoms with Crippen molar-refractivity contribution in [2.45, 2.75) is 36.4 Å². The maximum atomic E-state index is 11.2. The third-order valence-electron chi connectivity index (χ3n) is 3.26. The molecule has 0 saturated carbocycles. The molecule has 0 aliphatic carbocycles. The summed E-state index contributed by atoms with van der Waals surface area (Å²) in [5, 5.41) is 0. The molecule has 0 aromatic heterocycles. The van der Waals surface area contributed by atoms with E-state index < -0.39 is 0 Å². The number of thiol groups is 1. The standard InChI is InChI=1S/C8H10O3S/c1-8(12)4-2-3-5(10-4)6(8)11-7(3)9/h3-6,12H,2H2,1H3. The van der Waals surface area contributed by atoms with Gasteiger partial charge in [-0.1, -0.05) is 0 Å². The van der Waals surface area contributed by atoms with Gasteiger partial charge in [-0.3, -0.25) is 4.79 Å². The van der Waals surface area contributed by atoms with Crippen LogP contribution in [0, 0.1) is 5.92 Å². The molecule has 66 valence electrons. The Morgan fingerprint density at radius 3 is 3.00 bits per heavy atom. The first-order valence-corrected chi connectivity index (χ1v) is 4.64. The van der Waals surface area contributed by atoms with Gasteiger partial charge in [-0.15, -0.1) is 0 Å². The predicted molar refractivity (Wildman–Crippen MR) is 44.0 cm³/mol. The second kappa shape index (κ2) is 1.82. The van der Waals surface area contributed by atoms with E-state index in [2.05, 4.69) is 12.6 Å². The van der Waals surface area contributed by atoms with E-state index in [0.29, 0.717) is 0 Å². The average Bonchev–Trinajstić information content (AvgIpc) is 2.53. The molecule has 0 amide bonds. The zero-order chi connectivity index (χ0) is 8.51. The predicted octanol–water partition coefficient (Wildman–Crippen LogP) is 0.388. The number of rotatable bonds is 0. The van der Waals surface area contributed by atoms with E-state index >= 15 is 0 Å². The van der Waals surface area contributed by atoms with Crippen LogP contribution in [0.2, 0.25) is 0 Å². The average molecular weight is 186 g/mol. The first-order valence-electron chi connectivity index (χ1n) is 4.19. The smallest absolute Gasteiger partial charge is 0.312 e. The van der Waals surface area contributed by atoms with E-state index in [1.807, 2.05) is 6.92 Å². The molecule has 0 aromatic carbocycles. The maximum Gasteiger partial charge on any atom is 0.312 e. The van der Waals surface area contributed by atoms with E-state index in [1.165, 1.54) is 0 Å². The molecule has 0 N–H and O–H groups in total. The van der Waals surface area contributed by atoms with E-state index in [1.54, 1.807) is 0 Å². The Labute approximate surface area is 75.8 Å². The van der Waals surface area contributed by atoms with Gasteiger partial charge in [-0.2, -0.15) is 12.6 Å². The Hall–Kier alpha value is -0.220. The van der Waals surface area contributed by atoms with Crippen LogP contribution in [-0.4, -0.2) is 29.0 Å². The summed E-state index contributed by atoms with van der Waals surface area (Å²) in [6.07, 6.45) is 0.773. The molecular weight excluding hydrogens is 176 g/mol. The van der Waals surface area contributed by atoms with Crippen LogP contribution in [0.1, 0.15) is 13.3 Å². The molecule has 3 aliphatic heterocycles. The molecule has 3 aliphatic rings. The van der Waals surface area contributed by atoms with Crippen LogP contribution in [0.4, 0.5) is 0 Å². The van der Waals surface area contributed by atoms with Crippen LogP contribution < -0.4 is 0 Å². The first-order chi connectivity index (χ1) is 5.60. The topological polar surface area (TPSA) is 35.5 Å². The van der Waals surface area contributed by atoms with Crippen LogP contribution in [0.3, 0.4) is 0 Å². The van der Waals surface area contributed by atoms with Crippen molar-refractivity contribution in [3.05, 3.63) is 0 Å². The van der Waals surface area contributed by atoms with E-state index in [-0.39, 0.29) is 34.9 Å². The van der Waals surface area contributed by atoms with Crippen molar-refractivity contribution in [2.24, 2.45) is 5.92 Å². The second-order valence-electron chi connectivity index (χ2n) is 4.01. The molecule has 0 aromatic rings. The molecule has 4 heteroatoms. The highest BCUT2D eigenvalue weighted by Crippen LogP contribution is 2.53. The number of ether oxygens (including phenoxy) is 2. The zero-order valence-corrected chi connectivity index (χ0v) is 7.58. The van der Waals surface area contributed by atoms with E-state index in [4.69, 9.17) is 9.47 Å². The summed E-state index contributed by atoms with van der Waals surface area (Å²) in [7, 11) is 0. The van der Waals surface area contributed by atoms with Crippen LogP contribution in [-0.2, 0) is 14.3 Å². The molecule has 5 atom stereocenters. The summed E-state index contributed by atoms with van der Waals surface area (Å²) in [6, 6.07) is 0. The van der Waals surface area contributed by atoms with E-state index in [0.717, 1.165) is 6.42 Å².